The van der Waals surface area contributed by atoms with Gasteiger partial charge in [0.15, 0.2) is 0 Å². The molecule has 0 aliphatic carbocycles. The summed E-state index contributed by atoms with van der Waals surface area (Å²) in [5, 5.41) is 8.13. The Morgan fingerprint density at radius 1 is 1.04 bits per heavy atom. The quantitative estimate of drug-likeness (QED) is 0.638. The molecule has 1 N–H and O–H groups in total. The van der Waals surface area contributed by atoms with E-state index in [0.29, 0.717) is 38.9 Å². The molecule has 2 aromatic carbocycles. The Morgan fingerprint density at radius 3 is 2.48 bits per heavy atom. The van der Waals surface area contributed by atoms with Crippen molar-refractivity contribution in [2.75, 3.05) is 5.32 Å². The van der Waals surface area contributed by atoms with Gasteiger partial charge in [-0.3, -0.25) is 4.79 Å². The van der Waals surface area contributed by atoms with Gasteiger partial charge in [0.2, 0.25) is 17.6 Å². The number of halogens is 3. The molecule has 0 spiro atoms. The third-order valence-corrected chi connectivity index (χ3v) is 4.14. The normalized spacial score (nSPS) is 10.7. The van der Waals surface area contributed by atoms with Gasteiger partial charge in [-0.25, -0.2) is 0 Å². The number of hydrogen-bond donors (Lipinski definition) is 1. The number of hydrogen-bond acceptors (Lipinski definition) is 4. The third-order valence-electron chi connectivity index (χ3n) is 3.34. The predicted octanol–water partition coefficient (Wildman–Crippen LogP) is 5.27. The number of carbonyl (C=O) groups is 1. The zero-order valence-corrected chi connectivity index (χ0v) is 15.1. The molecule has 0 fully saturated rings. The van der Waals surface area contributed by atoms with Crippen molar-refractivity contribution in [3.8, 4) is 11.4 Å². The van der Waals surface area contributed by atoms with E-state index >= 15 is 0 Å². The molecular formula is C17H12Cl3N3O2. The van der Waals surface area contributed by atoms with E-state index in [1.807, 2.05) is 0 Å². The zero-order valence-electron chi connectivity index (χ0n) is 12.8. The summed E-state index contributed by atoms with van der Waals surface area (Å²) in [4.78, 5) is 16.3. The van der Waals surface area contributed by atoms with Crippen LogP contribution in [-0.2, 0) is 11.2 Å². The summed E-state index contributed by atoms with van der Waals surface area (Å²) in [6.45, 7) is 0. The molecule has 5 nitrogen and oxygen atoms in total. The van der Waals surface area contributed by atoms with Gasteiger partial charge in [-0.1, -0.05) is 40.0 Å². The number of aryl methyl sites for hydroxylation is 1. The highest BCUT2D eigenvalue weighted by Gasteiger charge is 2.12. The van der Waals surface area contributed by atoms with Gasteiger partial charge in [-0.15, -0.1) is 0 Å². The van der Waals surface area contributed by atoms with E-state index in [-0.39, 0.29) is 12.3 Å². The van der Waals surface area contributed by atoms with Crippen LogP contribution in [0.5, 0.6) is 0 Å². The molecular weight excluding hydrogens is 385 g/mol. The lowest BCUT2D eigenvalue weighted by molar-refractivity contribution is -0.116. The Balaban J connectivity index is 1.58. The molecule has 128 valence electrons. The second-order valence-electron chi connectivity index (χ2n) is 5.19. The zero-order chi connectivity index (χ0) is 17.8. The summed E-state index contributed by atoms with van der Waals surface area (Å²) >= 11 is 17.7. The fourth-order valence-corrected chi connectivity index (χ4v) is 2.68. The average molecular weight is 397 g/mol. The molecule has 3 aromatic rings. The lowest BCUT2D eigenvalue weighted by Crippen LogP contribution is -2.12. The SMILES string of the molecule is O=C(CCc1nc(-c2ccc(Cl)cc2)no1)Nc1ccc(Cl)cc1Cl. The van der Waals surface area contributed by atoms with Gasteiger partial charge in [0, 0.05) is 28.5 Å². The maximum absolute atomic E-state index is 12.0. The number of nitrogens with one attached hydrogen (secondary N) is 1. The van der Waals surface area contributed by atoms with Crippen LogP contribution in [0.2, 0.25) is 15.1 Å². The highest BCUT2D eigenvalue weighted by Crippen LogP contribution is 2.25. The molecule has 0 radical (unpaired) electrons. The molecule has 1 aromatic heterocycles. The smallest absolute Gasteiger partial charge is 0.227 e. The molecule has 0 saturated carbocycles. The van der Waals surface area contributed by atoms with Gasteiger partial charge in [-0.2, -0.15) is 4.98 Å². The Labute approximate surface area is 158 Å². The van der Waals surface area contributed by atoms with Crippen LogP contribution in [0.15, 0.2) is 47.0 Å². The van der Waals surface area contributed by atoms with E-state index in [9.17, 15) is 4.79 Å². The number of benzene rings is 2. The van der Waals surface area contributed by atoms with E-state index in [1.54, 1.807) is 42.5 Å². The molecule has 1 amide bonds. The Kier molecular flexibility index (Phi) is 5.58. The van der Waals surface area contributed by atoms with Crippen LogP contribution in [0.4, 0.5) is 5.69 Å². The molecule has 8 heteroatoms. The van der Waals surface area contributed by atoms with Crippen LogP contribution in [0, 0.1) is 0 Å². The summed E-state index contributed by atoms with van der Waals surface area (Å²) in [5.74, 6) is 0.616. The van der Waals surface area contributed by atoms with Gasteiger partial charge in [0.1, 0.15) is 0 Å². The van der Waals surface area contributed by atoms with Crippen molar-refractivity contribution in [1.82, 2.24) is 10.1 Å². The summed E-state index contributed by atoms with van der Waals surface area (Å²) < 4.78 is 5.17. The van der Waals surface area contributed by atoms with Gasteiger partial charge < -0.3 is 9.84 Å². The first kappa shape index (κ1) is 17.7. The first-order chi connectivity index (χ1) is 12.0. The van der Waals surface area contributed by atoms with Gasteiger partial charge in [0.25, 0.3) is 0 Å². The van der Waals surface area contributed by atoms with Gasteiger partial charge >= 0.3 is 0 Å². The standard InChI is InChI=1S/C17H12Cl3N3O2/c18-11-3-1-10(2-4-11)17-22-16(25-23-17)8-7-15(24)21-14-6-5-12(19)9-13(14)20/h1-6,9H,7-8H2,(H,21,24). The van der Waals surface area contributed by atoms with Crippen molar-refractivity contribution >= 4 is 46.4 Å². The lowest BCUT2D eigenvalue weighted by atomic mass is 10.2. The largest absolute Gasteiger partial charge is 0.339 e. The van der Waals surface area contributed by atoms with E-state index in [0.717, 1.165) is 5.56 Å². The highest BCUT2D eigenvalue weighted by atomic mass is 35.5. The van der Waals surface area contributed by atoms with Crippen LogP contribution in [-0.4, -0.2) is 16.0 Å². The second kappa shape index (κ2) is 7.87. The monoisotopic (exact) mass is 395 g/mol. The fraction of sp³-hybridized carbons (Fsp3) is 0.118. The molecule has 0 aliphatic heterocycles. The summed E-state index contributed by atoms with van der Waals surface area (Å²) in [5.41, 5.74) is 1.29. The lowest BCUT2D eigenvalue weighted by Gasteiger charge is -2.06. The second-order valence-corrected chi connectivity index (χ2v) is 6.47. The van der Waals surface area contributed by atoms with E-state index in [4.69, 9.17) is 39.3 Å². The molecule has 3 rings (SSSR count). The summed E-state index contributed by atoms with van der Waals surface area (Å²) in [6, 6.07) is 12.0. The maximum atomic E-state index is 12.0. The average Bonchev–Trinajstić information content (AvgIpc) is 3.05. The van der Waals surface area contributed by atoms with Crippen molar-refractivity contribution in [2.45, 2.75) is 12.8 Å². The predicted molar refractivity (Wildman–Crippen MR) is 98.2 cm³/mol. The number of aromatic nitrogens is 2. The van der Waals surface area contributed by atoms with Crippen molar-refractivity contribution < 1.29 is 9.32 Å². The van der Waals surface area contributed by atoms with E-state index in [2.05, 4.69) is 15.5 Å². The van der Waals surface area contributed by atoms with Crippen LogP contribution < -0.4 is 5.32 Å². The fourth-order valence-electron chi connectivity index (χ4n) is 2.10. The number of amides is 1. The van der Waals surface area contributed by atoms with Crippen molar-refractivity contribution in [1.29, 1.82) is 0 Å². The van der Waals surface area contributed by atoms with Crippen LogP contribution >= 0.6 is 34.8 Å². The number of anilines is 1. The maximum Gasteiger partial charge on any atom is 0.227 e. The number of carbonyl (C=O) groups excluding carboxylic acids is 1. The molecule has 0 atom stereocenters. The topological polar surface area (TPSA) is 68.0 Å². The highest BCUT2D eigenvalue weighted by molar-refractivity contribution is 6.36. The van der Waals surface area contributed by atoms with E-state index in [1.165, 1.54) is 0 Å². The Bertz CT molecular complexity index is 894. The molecule has 0 aliphatic rings. The summed E-state index contributed by atoms with van der Waals surface area (Å²) in [6.07, 6.45) is 0.499. The molecule has 25 heavy (non-hydrogen) atoms. The number of nitrogens with zero attached hydrogens (tertiary/aromatic N) is 2. The van der Waals surface area contributed by atoms with Crippen molar-refractivity contribution in [2.24, 2.45) is 0 Å². The van der Waals surface area contributed by atoms with Crippen molar-refractivity contribution in [3.05, 3.63) is 63.4 Å². The van der Waals surface area contributed by atoms with Gasteiger partial charge in [0.05, 0.1) is 10.7 Å². The molecule has 0 saturated heterocycles. The first-order valence-corrected chi connectivity index (χ1v) is 8.48. The Morgan fingerprint density at radius 2 is 1.76 bits per heavy atom. The number of rotatable bonds is 5. The van der Waals surface area contributed by atoms with Crippen LogP contribution in [0.3, 0.4) is 0 Å². The summed E-state index contributed by atoms with van der Waals surface area (Å²) in [7, 11) is 0. The van der Waals surface area contributed by atoms with E-state index < -0.39 is 0 Å². The van der Waals surface area contributed by atoms with Gasteiger partial charge in [-0.05, 0) is 42.5 Å². The molecule has 0 bridgehead atoms. The first-order valence-electron chi connectivity index (χ1n) is 7.35. The molecule has 1 heterocycles. The minimum absolute atomic E-state index is 0.182. The minimum atomic E-state index is -0.213. The Hall–Kier alpha value is -2.08. The third kappa shape index (κ3) is 4.72. The van der Waals surface area contributed by atoms with Crippen LogP contribution in [0.25, 0.3) is 11.4 Å². The molecule has 0 unspecified atom stereocenters. The van der Waals surface area contributed by atoms with Crippen LogP contribution in [0.1, 0.15) is 12.3 Å². The minimum Gasteiger partial charge on any atom is -0.339 e. The van der Waals surface area contributed by atoms with Crippen molar-refractivity contribution in [3.63, 3.8) is 0 Å².